The highest BCUT2D eigenvalue weighted by Crippen LogP contribution is 2.33. The van der Waals surface area contributed by atoms with Crippen LogP contribution in [0.2, 0.25) is 0 Å². The summed E-state index contributed by atoms with van der Waals surface area (Å²) >= 11 is 8.41. The summed E-state index contributed by atoms with van der Waals surface area (Å²) < 4.78 is 0.891. The molecule has 126 valence electrons. The minimum atomic E-state index is -1.07. The zero-order valence-corrected chi connectivity index (χ0v) is 15.4. The van der Waals surface area contributed by atoms with Crippen molar-refractivity contribution in [1.82, 2.24) is 15.3 Å². The number of nitrogens with zero attached hydrogens (tertiary/aromatic N) is 2. The zero-order chi connectivity index (χ0) is 17.6. The molecule has 24 heavy (non-hydrogen) atoms. The van der Waals surface area contributed by atoms with Gasteiger partial charge in [-0.2, -0.15) is 5.01 Å². The average Bonchev–Trinajstić information content (AvgIpc) is 2.87. The monoisotopic (exact) mass is 410 g/mol. The lowest BCUT2D eigenvalue weighted by Gasteiger charge is -2.45. The third-order valence-electron chi connectivity index (χ3n) is 4.07. The van der Waals surface area contributed by atoms with Gasteiger partial charge in [0.25, 0.3) is 0 Å². The Morgan fingerprint density at radius 2 is 1.96 bits per heavy atom. The van der Waals surface area contributed by atoms with Gasteiger partial charge in [-0.15, -0.1) is 0 Å². The van der Waals surface area contributed by atoms with Gasteiger partial charge in [-0.3, -0.25) is 19.7 Å². The lowest BCUT2D eigenvalue weighted by molar-refractivity contribution is -0.154. The zero-order valence-electron chi connectivity index (χ0n) is 13.0. The molecule has 2 fully saturated rings. The Labute approximate surface area is 152 Å². The summed E-state index contributed by atoms with van der Waals surface area (Å²) in [7, 11) is 0. The van der Waals surface area contributed by atoms with Crippen molar-refractivity contribution in [1.29, 1.82) is 0 Å². The smallest absolute Gasteiger partial charge is 0.248 e. The minimum absolute atomic E-state index is 0.00302. The molecule has 2 aliphatic rings. The van der Waals surface area contributed by atoms with Crippen molar-refractivity contribution in [2.45, 2.75) is 31.8 Å². The number of hydrogen-bond acceptors (Lipinski definition) is 5. The Bertz CT molecular complexity index is 750. The number of anilines is 1. The van der Waals surface area contributed by atoms with Gasteiger partial charge in [-0.1, -0.05) is 15.9 Å². The van der Waals surface area contributed by atoms with E-state index < -0.39 is 11.6 Å². The number of amides is 3. The Morgan fingerprint density at radius 3 is 2.58 bits per heavy atom. The van der Waals surface area contributed by atoms with E-state index >= 15 is 0 Å². The van der Waals surface area contributed by atoms with Gasteiger partial charge >= 0.3 is 0 Å². The number of fused-ring (bicyclic) bond motifs is 1. The SMILES string of the molecule is CC1(C)C(=O)NC(=S)N2C(=O)C[C@@H](C(=O)Nc3ccc(Br)cc3)N21. The predicted octanol–water partition coefficient (Wildman–Crippen LogP) is 1.40. The lowest BCUT2D eigenvalue weighted by Crippen LogP contribution is -2.71. The molecule has 9 heteroatoms. The van der Waals surface area contributed by atoms with E-state index in [4.69, 9.17) is 12.2 Å². The molecule has 1 atom stereocenters. The summed E-state index contributed by atoms with van der Waals surface area (Å²) in [4.78, 5) is 37.2. The van der Waals surface area contributed by atoms with Crippen molar-refractivity contribution in [3.8, 4) is 0 Å². The fourth-order valence-electron chi connectivity index (χ4n) is 2.82. The third kappa shape index (κ3) is 2.72. The molecule has 0 spiro atoms. The molecule has 3 amide bonds. The number of thiocarbonyl (C=S) groups is 1. The van der Waals surface area contributed by atoms with E-state index in [0.717, 1.165) is 4.47 Å². The highest BCUT2D eigenvalue weighted by atomic mass is 79.9. The minimum Gasteiger partial charge on any atom is -0.325 e. The first-order chi connectivity index (χ1) is 11.2. The summed E-state index contributed by atoms with van der Waals surface area (Å²) in [6, 6.07) is 6.29. The molecule has 1 aromatic rings. The van der Waals surface area contributed by atoms with Gasteiger partial charge in [-0.05, 0) is 50.3 Å². The summed E-state index contributed by atoms with van der Waals surface area (Å²) in [5.74, 6) is -1.03. The molecule has 0 saturated carbocycles. The van der Waals surface area contributed by atoms with Crippen molar-refractivity contribution in [3.05, 3.63) is 28.7 Å². The molecular formula is C15H15BrN4O3S. The van der Waals surface area contributed by atoms with Gasteiger partial charge in [0.1, 0.15) is 11.6 Å². The van der Waals surface area contributed by atoms with Gasteiger partial charge in [0, 0.05) is 10.2 Å². The molecular weight excluding hydrogens is 396 g/mol. The maximum absolute atomic E-state index is 12.7. The Hall–Kier alpha value is -1.84. The topological polar surface area (TPSA) is 81.8 Å². The summed E-state index contributed by atoms with van der Waals surface area (Å²) in [5.41, 5.74) is -0.466. The first kappa shape index (κ1) is 17.0. The molecule has 0 aromatic heterocycles. The number of hydrogen-bond donors (Lipinski definition) is 2. The molecule has 7 nitrogen and oxygen atoms in total. The maximum Gasteiger partial charge on any atom is 0.248 e. The lowest BCUT2D eigenvalue weighted by atomic mass is 10.00. The number of carbonyl (C=O) groups is 3. The fraction of sp³-hybridized carbons (Fsp3) is 0.333. The molecule has 0 aliphatic carbocycles. The molecule has 0 bridgehead atoms. The second-order valence-electron chi connectivity index (χ2n) is 6.08. The molecule has 2 saturated heterocycles. The van der Waals surface area contributed by atoms with Crippen LogP contribution in [0, 0.1) is 0 Å². The van der Waals surface area contributed by atoms with Crippen LogP contribution in [0.5, 0.6) is 0 Å². The first-order valence-corrected chi connectivity index (χ1v) is 8.46. The van der Waals surface area contributed by atoms with Crippen LogP contribution in [0.4, 0.5) is 5.69 Å². The predicted molar refractivity (Wildman–Crippen MR) is 94.7 cm³/mol. The third-order valence-corrected chi connectivity index (χ3v) is 4.87. The van der Waals surface area contributed by atoms with E-state index in [1.54, 1.807) is 38.1 Å². The molecule has 3 rings (SSSR count). The molecule has 0 unspecified atom stereocenters. The largest absolute Gasteiger partial charge is 0.325 e. The first-order valence-electron chi connectivity index (χ1n) is 7.26. The van der Waals surface area contributed by atoms with Crippen molar-refractivity contribution in [3.63, 3.8) is 0 Å². The second kappa shape index (κ2) is 5.91. The summed E-state index contributed by atoms with van der Waals surface area (Å²) in [6.45, 7) is 3.30. The van der Waals surface area contributed by atoms with E-state index in [-0.39, 0.29) is 29.3 Å². The van der Waals surface area contributed by atoms with Crippen molar-refractivity contribution >= 4 is 56.7 Å². The maximum atomic E-state index is 12.7. The van der Waals surface area contributed by atoms with Crippen LogP contribution in [0.15, 0.2) is 28.7 Å². The Kier molecular flexibility index (Phi) is 4.18. The number of halogens is 1. The van der Waals surface area contributed by atoms with Gasteiger partial charge in [0.05, 0.1) is 6.42 Å². The molecule has 2 aliphatic heterocycles. The van der Waals surface area contributed by atoms with Gasteiger partial charge in [0.15, 0.2) is 5.11 Å². The fourth-order valence-corrected chi connectivity index (χ4v) is 3.37. The highest BCUT2D eigenvalue weighted by molar-refractivity contribution is 9.10. The summed E-state index contributed by atoms with van der Waals surface area (Å²) in [5, 5.41) is 7.96. The quantitative estimate of drug-likeness (QED) is 0.720. The Balaban J connectivity index is 1.88. The summed E-state index contributed by atoms with van der Waals surface area (Å²) in [6.07, 6.45) is -0.0408. The number of nitrogens with one attached hydrogen (secondary N) is 2. The van der Waals surface area contributed by atoms with Crippen molar-refractivity contribution < 1.29 is 14.4 Å². The van der Waals surface area contributed by atoms with Crippen LogP contribution >= 0.6 is 28.1 Å². The van der Waals surface area contributed by atoms with Crippen LogP contribution in [-0.4, -0.2) is 44.4 Å². The van der Waals surface area contributed by atoms with E-state index in [9.17, 15) is 14.4 Å². The van der Waals surface area contributed by atoms with E-state index in [1.165, 1.54) is 10.0 Å². The molecule has 2 heterocycles. The van der Waals surface area contributed by atoms with E-state index in [2.05, 4.69) is 26.6 Å². The van der Waals surface area contributed by atoms with Crippen molar-refractivity contribution in [2.24, 2.45) is 0 Å². The normalized spacial score (nSPS) is 23.0. The van der Waals surface area contributed by atoms with Crippen LogP contribution in [-0.2, 0) is 14.4 Å². The van der Waals surface area contributed by atoms with Gasteiger partial charge in [0.2, 0.25) is 17.7 Å². The van der Waals surface area contributed by atoms with Crippen LogP contribution in [0.25, 0.3) is 0 Å². The van der Waals surface area contributed by atoms with E-state index in [0.29, 0.717) is 5.69 Å². The van der Waals surface area contributed by atoms with Crippen LogP contribution in [0.1, 0.15) is 20.3 Å². The standard InChI is InChI=1S/C15H15BrN4O3S/c1-15(2)13(23)18-14(24)19-11(21)7-10(20(15)19)12(22)17-9-5-3-8(16)4-6-9/h3-6,10H,7H2,1-2H3,(H,17,22)(H,18,23,24)/t10-/m0/s1. The Morgan fingerprint density at radius 1 is 1.33 bits per heavy atom. The molecule has 1 aromatic carbocycles. The highest BCUT2D eigenvalue weighted by Gasteiger charge is 2.56. The number of rotatable bonds is 2. The van der Waals surface area contributed by atoms with Crippen molar-refractivity contribution in [2.75, 3.05) is 5.32 Å². The molecule has 2 N–H and O–H groups in total. The number of benzene rings is 1. The van der Waals surface area contributed by atoms with Crippen LogP contribution < -0.4 is 10.6 Å². The molecule has 0 radical (unpaired) electrons. The van der Waals surface area contributed by atoms with Gasteiger partial charge in [-0.25, -0.2) is 5.01 Å². The number of carbonyl (C=O) groups excluding carboxylic acids is 3. The van der Waals surface area contributed by atoms with Crippen LogP contribution in [0.3, 0.4) is 0 Å². The van der Waals surface area contributed by atoms with Gasteiger partial charge < -0.3 is 5.32 Å². The van der Waals surface area contributed by atoms with E-state index in [1.807, 2.05) is 0 Å². The average molecular weight is 411 g/mol. The number of hydrazine groups is 1. The second-order valence-corrected chi connectivity index (χ2v) is 7.39.